The first-order valence-electron chi connectivity index (χ1n) is 12.3. The van der Waals surface area contributed by atoms with Crippen molar-refractivity contribution in [2.45, 2.75) is 46.0 Å². The Kier molecular flexibility index (Phi) is 6.25. The third-order valence-corrected chi connectivity index (χ3v) is 7.02. The summed E-state index contributed by atoms with van der Waals surface area (Å²) in [5, 5.41) is 30.4. The number of aryl methyl sites for hydroxylation is 2. The highest BCUT2D eigenvalue weighted by atomic mass is 16.4. The summed E-state index contributed by atoms with van der Waals surface area (Å²) in [5.74, 6) is -0.996. The third-order valence-electron chi connectivity index (χ3n) is 7.02. The van der Waals surface area contributed by atoms with Gasteiger partial charge in [0.05, 0.1) is 22.6 Å². The Balaban J connectivity index is 1.42. The van der Waals surface area contributed by atoms with E-state index in [9.17, 15) is 19.8 Å². The molecule has 37 heavy (non-hydrogen) atoms. The number of aromatic hydroxyl groups is 1. The zero-order valence-electron chi connectivity index (χ0n) is 20.9. The molecule has 0 bridgehead atoms. The van der Waals surface area contributed by atoms with Gasteiger partial charge in [0.15, 0.2) is 5.71 Å². The molecule has 1 unspecified atom stereocenters. The Labute approximate surface area is 215 Å². The molecule has 1 aliphatic heterocycles. The van der Waals surface area contributed by atoms with Crippen molar-refractivity contribution in [1.82, 2.24) is 0 Å². The second kappa shape index (κ2) is 9.54. The van der Waals surface area contributed by atoms with Gasteiger partial charge in [0, 0.05) is 5.56 Å². The summed E-state index contributed by atoms with van der Waals surface area (Å²) in [6.45, 7) is 5.76. The normalized spacial score (nSPS) is 17.8. The van der Waals surface area contributed by atoms with E-state index in [2.05, 4.69) is 34.7 Å². The minimum absolute atomic E-state index is 0.0985. The van der Waals surface area contributed by atoms with Crippen LogP contribution in [0.25, 0.3) is 11.1 Å². The smallest absolute Gasteiger partial charge is 0.335 e. The zero-order valence-corrected chi connectivity index (χ0v) is 20.9. The van der Waals surface area contributed by atoms with Crippen molar-refractivity contribution in [3.8, 4) is 16.9 Å². The number of fused-ring (bicyclic) bond motifs is 1. The van der Waals surface area contributed by atoms with Crippen molar-refractivity contribution < 1.29 is 19.8 Å². The number of rotatable bonds is 6. The molecular formula is C29H28N4O4. The van der Waals surface area contributed by atoms with Crippen LogP contribution in [0.2, 0.25) is 0 Å². The maximum atomic E-state index is 13.3. The average Bonchev–Trinajstić information content (AvgIpc) is 3.43. The molecule has 1 amide bonds. The van der Waals surface area contributed by atoms with Gasteiger partial charge in [-0.1, -0.05) is 25.1 Å². The number of benzene rings is 3. The molecule has 0 spiro atoms. The number of hydrogen-bond donors (Lipinski definition) is 3. The van der Waals surface area contributed by atoms with Gasteiger partial charge in [-0.05, 0) is 97.7 Å². The number of anilines is 2. The molecule has 1 heterocycles. The molecule has 188 valence electrons. The maximum absolute atomic E-state index is 13.3. The molecule has 3 aromatic carbocycles. The summed E-state index contributed by atoms with van der Waals surface area (Å²) in [6.07, 6.45) is 3.25. The Bertz CT molecular complexity index is 1490. The summed E-state index contributed by atoms with van der Waals surface area (Å²) < 4.78 is 0. The molecule has 3 aromatic rings. The number of carboxylic acid groups (broad SMARTS) is 1. The van der Waals surface area contributed by atoms with Crippen molar-refractivity contribution >= 4 is 34.7 Å². The number of carbonyl (C=O) groups excluding carboxylic acids is 1. The lowest BCUT2D eigenvalue weighted by atomic mass is 9.98. The summed E-state index contributed by atoms with van der Waals surface area (Å²) in [4.78, 5) is 24.6. The summed E-state index contributed by atoms with van der Waals surface area (Å²) >= 11 is 0. The van der Waals surface area contributed by atoms with Crippen molar-refractivity contribution in [1.29, 1.82) is 0 Å². The van der Waals surface area contributed by atoms with Crippen molar-refractivity contribution in [3.05, 3.63) is 76.9 Å². The second-order valence-corrected chi connectivity index (χ2v) is 9.50. The summed E-state index contributed by atoms with van der Waals surface area (Å²) in [7, 11) is 0. The van der Waals surface area contributed by atoms with Crippen LogP contribution in [0.5, 0.6) is 5.75 Å². The number of phenols is 1. The van der Waals surface area contributed by atoms with E-state index in [0.29, 0.717) is 34.1 Å². The number of hydrazone groups is 2. The van der Waals surface area contributed by atoms with E-state index in [1.54, 1.807) is 31.2 Å². The largest absolute Gasteiger partial charge is 0.505 e. The van der Waals surface area contributed by atoms with Gasteiger partial charge >= 0.3 is 11.9 Å². The van der Waals surface area contributed by atoms with E-state index < -0.39 is 5.97 Å². The molecule has 1 aliphatic carbocycles. The first kappa shape index (κ1) is 24.2. The highest BCUT2D eigenvalue weighted by molar-refractivity contribution is 6.71. The van der Waals surface area contributed by atoms with Crippen molar-refractivity contribution in [2.75, 3.05) is 10.4 Å². The fourth-order valence-corrected chi connectivity index (χ4v) is 5.05. The van der Waals surface area contributed by atoms with E-state index >= 15 is 0 Å². The predicted octanol–water partition coefficient (Wildman–Crippen LogP) is 5.70. The van der Waals surface area contributed by atoms with Crippen LogP contribution in [-0.2, 0) is 11.2 Å². The second-order valence-electron chi connectivity index (χ2n) is 9.50. The highest BCUT2D eigenvalue weighted by Gasteiger charge is 2.32. The first-order chi connectivity index (χ1) is 17.8. The van der Waals surface area contributed by atoms with Gasteiger partial charge in [-0.25, -0.2) is 4.79 Å². The van der Waals surface area contributed by atoms with Crippen LogP contribution < -0.4 is 10.4 Å². The molecular weight excluding hydrogens is 468 g/mol. The van der Waals surface area contributed by atoms with Crippen LogP contribution in [-0.4, -0.2) is 33.5 Å². The topological polar surface area (TPSA) is 115 Å². The van der Waals surface area contributed by atoms with Gasteiger partial charge in [0.1, 0.15) is 5.75 Å². The minimum atomic E-state index is -1.05. The summed E-state index contributed by atoms with van der Waals surface area (Å²) in [6, 6.07) is 15.9. The molecule has 5 rings (SSSR count). The van der Waals surface area contributed by atoms with Gasteiger partial charge in [-0.2, -0.15) is 15.2 Å². The number of phenolic OH excluding ortho intramolecular Hbond substituents is 1. The molecule has 8 nitrogen and oxygen atoms in total. The number of amides is 1. The third kappa shape index (κ3) is 4.46. The molecule has 0 saturated carbocycles. The SMILES string of the molecule is CCC1CCc2ccc(N3N=C(C)/C(=N/Nc4cc(C)cc(-c5cccc(C(=O)O)c5)c4O)C3=O)cc21. The molecule has 1 atom stereocenters. The molecule has 0 radical (unpaired) electrons. The van der Waals surface area contributed by atoms with Gasteiger partial charge < -0.3 is 10.2 Å². The van der Waals surface area contributed by atoms with Crippen LogP contribution in [0.15, 0.2) is 64.8 Å². The quantitative estimate of drug-likeness (QED) is 0.299. The fourth-order valence-electron chi connectivity index (χ4n) is 5.05. The van der Waals surface area contributed by atoms with Gasteiger partial charge in [0.2, 0.25) is 0 Å². The zero-order chi connectivity index (χ0) is 26.3. The lowest BCUT2D eigenvalue weighted by Gasteiger charge is -2.15. The average molecular weight is 497 g/mol. The summed E-state index contributed by atoms with van der Waals surface area (Å²) in [5.41, 5.74) is 9.03. The van der Waals surface area contributed by atoms with E-state index in [1.807, 2.05) is 13.0 Å². The van der Waals surface area contributed by atoms with E-state index in [-0.39, 0.29) is 22.9 Å². The monoisotopic (exact) mass is 496 g/mol. The van der Waals surface area contributed by atoms with Crippen molar-refractivity contribution in [3.63, 3.8) is 0 Å². The highest BCUT2D eigenvalue weighted by Crippen LogP contribution is 2.39. The molecule has 0 fully saturated rings. The maximum Gasteiger partial charge on any atom is 0.335 e. The number of carboxylic acids is 1. The number of nitrogens with one attached hydrogen (secondary N) is 1. The molecule has 0 aromatic heterocycles. The van der Waals surface area contributed by atoms with Gasteiger partial charge in [-0.3, -0.25) is 10.2 Å². The van der Waals surface area contributed by atoms with Gasteiger partial charge in [0.25, 0.3) is 0 Å². The number of aromatic carboxylic acids is 1. The van der Waals surface area contributed by atoms with Crippen LogP contribution in [0, 0.1) is 6.92 Å². The lowest BCUT2D eigenvalue weighted by Crippen LogP contribution is -2.28. The number of hydrogen-bond acceptors (Lipinski definition) is 6. The van der Waals surface area contributed by atoms with Crippen LogP contribution in [0.4, 0.5) is 11.4 Å². The molecule has 3 N–H and O–H groups in total. The van der Waals surface area contributed by atoms with Crippen LogP contribution in [0.1, 0.15) is 59.7 Å². The number of carbonyl (C=O) groups is 2. The lowest BCUT2D eigenvalue weighted by molar-refractivity contribution is -0.112. The Morgan fingerprint density at radius 1 is 1.16 bits per heavy atom. The molecule has 8 heteroatoms. The Hall–Kier alpha value is -4.46. The first-order valence-corrected chi connectivity index (χ1v) is 12.3. The van der Waals surface area contributed by atoms with Crippen molar-refractivity contribution in [2.24, 2.45) is 10.2 Å². The Morgan fingerprint density at radius 2 is 1.97 bits per heavy atom. The molecule has 2 aliphatic rings. The van der Waals surface area contributed by atoms with E-state index in [0.717, 1.165) is 24.8 Å². The van der Waals surface area contributed by atoms with E-state index in [4.69, 9.17) is 0 Å². The van der Waals surface area contributed by atoms with E-state index in [1.165, 1.54) is 28.3 Å². The molecule has 0 saturated heterocycles. The fraction of sp³-hybridized carbons (Fsp3) is 0.241. The van der Waals surface area contributed by atoms with Gasteiger partial charge in [-0.15, -0.1) is 0 Å². The van der Waals surface area contributed by atoms with Crippen LogP contribution >= 0.6 is 0 Å². The minimum Gasteiger partial charge on any atom is -0.505 e. The Morgan fingerprint density at radius 3 is 2.73 bits per heavy atom. The number of nitrogens with zero attached hydrogens (tertiary/aromatic N) is 3. The standard InChI is InChI=1S/C29H28N4O4/c1-4-18-8-9-19-10-11-22(15-23(18)19)33-28(35)26(17(3)32-33)31-30-25-13-16(2)12-24(27(25)34)20-6-5-7-21(14-20)29(36)37/h5-7,10-15,18,30,34H,4,8-9H2,1-3H3,(H,36,37)/b31-26-. The van der Waals surface area contributed by atoms with Crippen LogP contribution in [0.3, 0.4) is 0 Å². The predicted molar refractivity (Wildman–Crippen MR) is 145 cm³/mol.